The van der Waals surface area contributed by atoms with Crippen molar-refractivity contribution in [2.75, 3.05) is 5.32 Å². The molecule has 0 bridgehead atoms. The second-order valence-corrected chi connectivity index (χ2v) is 3.52. The maximum Gasteiger partial charge on any atom is 0.260 e. The van der Waals surface area contributed by atoms with Crippen molar-refractivity contribution in [1.82, 2.24) is 9.78 Å². The van der Waals surface area contributed by atoms with Crippen LogP contribution in [0.4, 0.5) is 5.82 Å². The molecular weight excluding hydrogens is 220 g/mol. The summed E-state index contributed by atoms with van der Waals surface area (Å²) in [6, 6.07) is 3.53. The summed E-state index contributed by atoms with van der Waals surface area (Å²) in [5.41, 5.74) is 0.751. The topological polar surface area (TPSA) is 83.8 Å². The van der Waals surface area contributed by atoms with Crippen molar-refractivity contribution in [3.05, 3.63) is 35.4 Å². The van der Waals surface area contributed by atoms with Crippen molar-refractivity contribution in [3.8, 4) is 6.07 Å². The Morgan fingerprint density at radius 3 is 3.00 bits per heavy atom. The van der Waals surface area contributed by atoms with Crippen molar-refractivity contribution in [2.45, 2.75) is 6.92 Å². The van der Waals surface area contributed by atoms with Crippen molar-refractivity contribution < 1.29 is 9.21 Å². The first-order chi connectivity index (χ1) is 8.11. The van der Waals surface area contributed by atoms with Crippen molar-refractivity contribution in [3.63, 3.8) is 0 Å². The van der Waals surface area contributed by atoms with Crippen LogP contribution in [0.5, 0.6) is 0 Å². The van der Waals surface area contributed by atoms with Gasteiger partial charge in [-0.3, -0.25) is 9.48 Å². The lowest BCUT2D eigenvalue weighted by molar-refractivity contribution is 0.102. The molecule has 2 aromatic heterocycles. The number of rotatable bonds is 2. The van der Waals surface area contributed by atoms with E-state index in [0.717, 1.165) is 0 Å². The highest BCUT2D eigenvalue weighted by Gasteiger charge is 2.15. The molecule has 0 aliphatic heterocycles. The Balaban J connectivity index is 2.25. The predicted octanol–water partition coefficient (Wildman–Crippen LogP) is 1.45. The monoisotopic (exact) mass is 230 g/mol. The van der Waals surface area contributed by atoms with Gasteiger partial charge in [0.25, 0.3) is 5.91 Å². The molecular formula is C11H10N4O2. The Hall–Kier alpha value is -2.55. The third kappa shape index (κ3) is 2.03. The summed E-state index contributed by atoms with van der Waals surface area (Å²) < 4.78 is 6.50. The summed E-state index contributed by atoms with van der Waals surface area (Å²) >= 11 is 0. The Morgan fingerprint density at radius 1 is 1.65 bits per heavy atom. The van der Waals surface area contributed by atoms with Crippen LogP contribution in [0.3, 0.4) is 0 Å². The molecule has 0 fully saturated rings. The third-order valence-electron chi connectivity index (χ3n) is 2.28. The normalized spacial score (nSPS) is 9.94. The number of carbonyl (C=O) groups is 1. The third-order valence-corrected chi connectivity index (χ3v) is 2.28. The molecule has 0 saturated carbocycles. The van der Waals surface area contributed by atoms with Gasteiger partial charge in [-0.2, -0.15) is 10.4 Å². The van der Waals surface area contributed by atoms with Gasteiger partial charge >= 0.3 is 0 Å². The van der Waals surface area contributed by atoms with Gasteiger partial charge in [0.05, 0.1) is 11.8 Å². The molecule has 1 N–H and O–H groups in total. The summed E-state index contributed by atoms with van der Waals surface area (Å²) in [6.07, 6.45) is 2.98. The predicted molar refractivity (Wildman–Crippen MR) is 59.3 cm³/mol. The van der Waals surface area contributed by atoms with Gasteiger partial charge in [-0.25, -0.2) is 0 Å². The Kier molecular flexibility index (Phi) is 2.66. The van der Waals surface area contributed by atoms with E-state index >= 15 is 0 Å². The fourth-order valence-electron chi connectivity index (χ4n) is 1.46. The first-order valence-electron chi connectivity index (χ1n) is 4.91. The van der Waals surface area contributed by atoms with Crippen LogP contribution in [0.2, 0.25) is 0 Å². The van der Waals surface area contributed by atoms with Gasteiger partial charge in [-0.1, -0.05) is 0 Å². The summed E-state index contributed by atoms with van der Waals surface area (Å²) in [4.78, 5) is 11.8. The highest BCUT2D eigenvalue weighted by molar-refractivity contribution is 6.04. The standard InChI is InChI=1S/C11H10N4O2/c1-7-9(3-4-17-7)11(16)13-10-8(5-12)6-15(2)14-10/h3-4,6H,1-2H3,(H,13,14,16). The zero-order chi connectivity index (χ0) is 12.4. The van der Waals surface area contributed by atoms with Crippen molar-refractivity contribution in [1.29, 1.82) is 5.26 Å². The maximum absolute atomic E-state index is 11.8. The number of nitrogens with one attached hydrogen (secondary N) is 1. The molecule has 0 aliphatic carbocycles. The highest BCUT2D eigenvalue weighted by Crippen LogP contribution is 2.14. The van der Waals surface area contributed by atoms with Crippen LogP contribution >= 0.6 is 0 Å². The minimum absolute atomic E-state index is 0.251. The number of hydrogen-bond donors (Lipinski definition) is 1. The second-order valence-electron chi connectivity index (χ2n) is 3.52. The summed E-state index contributed by atoms with van der Waals surface area (Å²) in [5.74, 6) is 0.434. The van der Waals surface area contributed by atoms with E-state index in [2.05, 4.69) is 10.4 Å². The summed E-state index contributed by atoms with van der Waals surface area (Å²) in [7, 11) is 1.68. The first kappa shape index (κ1) is 11.0. The SMILES string of the molecule is Cc1occc1C(=O)Nc1nn(C)cc1C#N. The van der Waals surface area contributed by atoms with Crippen molar-refractivity contribution in [2.24, 2.45) is 7.05 Å². The molecule has 86 valence electrons. The second kappa shape index (κ2) is 4.14. The number of hydrogen-bond acceptors (Lipinski definition) is 4. The van der Waals surface area contributed by atoms with Crippen LogP contribution in [0.1, 0.15) is 21.7 Å². The smallest absolute Gasteiger partial charge is 0.260 e. The lowest BCUT2D eigenvalue weighted by Crippen LogP contribution is -2.13. The number of furan rings is 1. The molecule has 2 aromatic rings. The van der Waals surface area contributed by atoms with E-state index < -0.39 is 0 Å². The van der Waals surface area contributed by atoms with Gasteiger partial charge in [0, 0.05) is 13.2 Å². The van der Waals surface area contributed by atoms with E-state index in [1.807, 2.05) is 6.07 Å². The number of aromatic nitrogens is 2. The van der Waals surface area contributed by atoms with Gasteiger partial charge in [0.15, 0.2) is 5.82 Å². The lowest BCUT2D eigenvalue weighted by Gasteiger charge is -2.00. The number of nitrogens with zero attached hydrogens (tertiary/aromatic N) is 3. The number of amides is 1. The summed E-state index contributed by atoms with van der Waals surface area (Å²) in [5, 5.41) is 15.4. The summed E-state index contributed by atoms with van der Waals surface area (Å²) in [6.45, 7) is 1.69. The van der Waals surface area contributed by atoms with E-state index in [1.54, 1.807) is 20.0 Å². The van der Waals surface area contributed by atoms with Gasteiger partial charge in [-0.05, 0) is 13.0 Å². The molecule has 6 heteroatoms. The van der Waals surface area contributed by atoms with Gasteiger partial charge in [0.2, 0.25) is 0 Å². The molecule has 17 heavy (non-hydrogen) atoms. The van der Waals surface area contributed by atoms with E-state index in [-0.39, 0.29) is 11.7 Å². The quantitative estimate of drug-likeness (QED) is 0.846. The number of carbonyl (C=O) groups excluding carboxylic acids is 1. The fourth-order valence-corrected chi connectivity index (χ4v) is 1.46. The molecule has 0 unspecified atom stereocenters. The van der Waals surface area contributed by atoms with Crippen LogP contribution in [-0.4, -0.2) is 15.7 Å². The van der Waals surface area contributed by atoms with E-state index in [0.29, 0.717) is 16.9 Å². The molecule has 0 atom stereocenters. The van der Waals surface area contributed by atoms with Crippen LogP contribution in [0.25, 0.3) is 0 Å². The molecule has 6 nitrogen and oxygen atoms in total. The Labute approximate surface area is 97.5 Å². The van der Waals surface area contributed by atoms with E-state index in [9.17, 15) is 4.79 Å². The minimum atomic E-state index is -0.341. The number of aryl methyl sites for hydroxylation is 2. The van der Waals surface area contributed by atoms with Gasteiger partial charge in [0.1, 0.15) is 17.4 Å². The van der Waals surface area contributed by atoms with Crippen LogP contribution in [0.15, 0.2) is 22.9 Å². The molecule has 0 spiro atoms. The molecule has 0 aliphatic rings. The maximum atomic E-state index is 11.8. The van der Waals surface area contributed by atoms with Crippen molar-refractivity contribution >= 4 is 11.7 Å². The van der Waals surface area contributed by atoms with E-state index in [1.165, 1.54) is 17.1 Å². The average molecular weight is 230 g/mol. The Morgan fingerprint density at radius 2 is 2.41 bits per heavy atom. The molecule has 2 rings (SSSR count). The highest BCUT2D eigenvalue weighted by atomic mass is 16.3. The largest absolute Gasteiger partial charge is 0.469 e. The fraction of sp³-hybridized carbons (Fsp3) is 0.182. The average Bonchev–Trinajstić information content (AvgIpc) is 2.84. The molecule has 0 saturated heterocycles. The Bertz CT molecular complexity index is 603. The molecule has 0 radical (unpaired) electrons. The van der Waals surface area contributed by atoms with Gasteiger partial charge in [-0.15, -0.1) is 0 Å². The zero-order valence-electron chi connectivity index (χ0n) is 9.39. The van der Waals surface area contributed by atoms with Gasteiger partial charge < -0.3 is 9.73 Å². The van der Waals surface area contributed by atoms with E-state index in [4.69, 9.17) is 9.68 Å². The lowest BCUT2D eigenvalue weighted by atomic mass is 10.2. The molecule has 1 amide bonds. The van der Waals surface area contributed by atoms with Crippen LogP contribution < -0.4 is 5.32 Å². The number of anilines is 1. The van der Waals surface area contributed by atoms with Crippen LogP contribution in [-0.2, 0) is 7.05 Å². The molecule has 2 heterocycles. The minimum Gasteiger partial charge on any atom is -0.469 e. The molecule has 0 aromatic carbocycles. The first-order valence-corrected chi connectivity index (χ1v) is 4.91. The zero-order valence-corrected chi connectivity index (χ0v) is 9.39. The number of nitriles is 1. The van der Waals surface area contributed by atoms with Crippen LogP contribution in [0, 0.1) is 18.3 Å².